The Kier molecular flexibility index (Phi) is 6.23. The maximum atomic E-state index is 15.3. The number of halogens is 2. The van der Waals surface area contributed by atoms with Crippen LogP contribution in [0.2, 0.25) is 0 Å². The lowest BCUT2D eigenvalue weighted by atomic mass is 9.98. The second-order valence-electron chi connectivity index (χ2n) is 7.89. The van der Waals surface area contributed by atoms with Crippen LogP contribution in [0.3, 0.4) is 0 Å². The van der Waals surface area contributed by atoms with Crippen molar-refractivity contribution in [3.8, 4) is 33.8 Å². The maximum absolute atomic E-state index is 15.3. The van der Waals surface area contributed by atoms with Gasteiger partial charge in [0.1, 0.15) is 23.1 Å². The van der Waals surface area contributed by atoms with Gasteiger partial charge in [-0.3, -0.25) is 0 Å². The first-order chi connectivity index (χ1) is 15.9. The van der Waals surface area contributed by atoms with E-state index in [9.17, 15) is 0 Å². The highest BCUT2D eigenvalue weighted by Crippen LogP contribution is 2.41. The van der Waals surface area contributed by atoms with Crippen molar-refractivity contribution in [2.24, 2.45) is 0 Å². The van der Waals surface area contributed by atoms with E-state index in [0.29, 0.717) is 44.9 Å². The van der Waals surface area contributed by atoms with Crippen LogP contribution in [0.1, 0.15) is 22.3 Å². The molecule has 0 saturated carbocycles. The molecule has 4 aromatic rings. The Morgan fingerprint density at radius 1 is 0.576 bits per heavy atom. The van der Waals surface area contributed by atoms with Gasteiger partial charge in [-0.15, -0.1) is 0 Å². The fraction of sp³-hybridized carbons (Fsp3) is 0.0667. The highest BCUT2D eigenvalue weighted by Gasteiger charge is 2.20. The van der Waals surface area contributed by atoms with Crippen LogP contribution in [0.5, 0.6) is 11.5 Å². The van der Waals surface area contributed by atoms with Gasteiger partial charge in [0.05, 0.1) is 11.1 Å². The average molecular weight is 439 g/mol. The molecular weight excluding hydrogens is 414 g/mol. The third-order valence-electron chi connectivity index (χ3n) is 5.68. The highest BCUT2D eigenvalue weighted by atomic mass is 19.1. The predicted octanol–water partition coefficient (Wildman–Crippen LogP) is 8.99. The Morgan fingerprint density at radius 2 is 0.939 bits per heavy atom. The minimum absolute atomic E-state index is 0.316. The zero-order chi connectivity index (χ0) is 23.5. The molecule has 0 fully saturated rings. The molecule has 4 rings (SSSR count). The molecule has 0 amide bonds. The second-order valence-corrected chi connectivity index (χ2v) is 7.89. The van der Waals surface area contributed by atoms with Gasteiger partial charge in [-0.25, -0.2) is 8.78 Å². The van der Waals surface area contributed by atoms with Gasteiger partial charge in [0, 0.05) is 0 Å². The largest absolute Gasteiger partial charge is 0.456 e. The summed E-state index contributed by atoms with van der Waals surface area (Å²) in [5, 5.41) is 0. The van der Waals surface area contributed by atoms with Crippen LogP contribution in [0.25, 0.3) is 34.4 Å². The lowest BCUT2D eigenvalue weighted by Crippen LogP contribution is -1.98. The number of rotatable bonds is 6. The van der Waals surface area contributed by atoms with Crippen LogP contribution in [0, 0.1) is 25.5 Å². The van der Waals surface area contributed by atoms with E-state index in [2.05, 4.69) is 13.2 Å². The van der Waals surface area contributed by atoms with Crippen LogP contribution >= 0.6 is 0 Å². The quantitative estimate of drug-likeness (QED) is 0.292. The first-order valence-corrected chi connectivity index (χ1v) is 10.6. The lowest BCUT2D eigenvalue weighted by Gasteiger charge is -2.18. The Hall–Kier alpha value is -3.98. The van der Waals surface area contributed by atoms with Crippen molar-refractivity contribution < 1.29 is 13.5 Å². The van der Waals surface area contributed by atoms with Crippen LogP contribution < -0.4 is 4.74 Å². The zero-order valence-electron chi connectivity index (χ0n) is 18.7. The Labute approximate surface area is 193 Å². The van der Waals surface area contributed by atoms with Crippen molar-refractivity contribution in [1.29, 1.82) is 0 Å². The summed E-state index contributed by atoms with van der Waals surface area (Å²) in [6, 6.07) is 21.5. The molecule has 0 radical (unpaired) electrons. The third kappa shape index (κ3) is 4.35. The zero-order valence-corrected chi connectivity index (χ0v) is 18.7. The first-order valence-electron chi connectivity index (χ1n) is 10.6. The fourth-order valence-electron chi connectivity index (χ4n) is 3.72. The van der Waals surface area contributed by atoms with E-state index in [1.807, 2.05) is 48.5 Å². The van der Waals surface area contributed by atoms with Crippen LogP contribution in [0.15, 0.2) is 86.0 Å². The number of hydrogen-bond acceptors (Lipinski definition) is 1. The van der Waals surface area contributed by atoms with Crippen molar-refractivity contribution in [2.75, 3.05) is 0 Å². The molecule has 0 N–H and O–H groups in total. The summed E-state index contributed by atoms with van der Waals surface area (Å²) in [6.07, 6.45) is 3.46. The SMILES string of the molecule is C=Cc1ccc(-c2c(Oc3ccc(C)c(F)c3-c3ccc(C=C)cc3)ccc(C)c2F)cc1. The molecule has 0 atom stereocenters. The average Bonchev–Trinajstić information content (AvgIpc) is 2.84. The molecule has 0 unspecified atom stereocenters. The number of hydrogen-bond donors (Lipinski definition) is 0. The van der Waals surface area contributed by atoms with Gasteiger partial charge in [-0.05, 0) is 59.4 Å². The molecule has 33 heavy (non-hydrogen) atoms. The van der Waals surface area contributed by atoms with E-state index in [1.54, 1.807) is 50.3 Å². The summed E-state index contributed by atoms with van der Waals surface area (Å²) in [4.78, 5) is 0. The summed E-state index contributed by atoms with van der Waals surface area (Å²) >= 11 is 0. The molecule has 0 saturated heterocycles. The highest BCUT2D eigenvalue weighted by molar-refractivity contribution is 5.77. The standard InChI is InChI=1S/C30H24F2O/c1-5-21-9-13-23(14-10-21)27-25(17-7-19(3)29(27)31)33-26-18-8-20(4)30(32)28(26)24-15-11-22(6-2)12-16-24/h5-18H,1-2H2,3-4H3. The third-order valence-corrected chi connectivity index (χ3v) is 5.68. The molecule has 0 spiro atoms. The number of aryl methyl sites for hydroxylation is 2. The van der Waals surface area contributed by atoms with Gasteiger partial charge in [0.2, 0.25) is 0 Å². The smallest absolute Gasteiger partial charge is 0.138 e. The van der Waals surface area contributed by atoms with Crippen molar-refractivity contribution >= 4 is 12.2 Å². The monoisotopic (exact) mass is 438 g/mol. The Bertz CT molecular complexity index is 1230. The molecule has 4 aromatic carbocycles. The predicted molar refractivity (Wildman–Crippen MR) is 133 cm³/mol. The second kappa shape index (κ2) is 9.25. The van der Waals surface area contributed by atoms with E-state index >= 15 is 8.78 Å². The summed E-state index contributed by atoms with van der Waals surface area (Å²) in [7, 11) is 0. The summed E-state index contributed by atoms with van der Waals surface area (Å²) in [5.74, 6) is -0.111. The Morgan fingerprint density at radius 3 is 1.27 bits per heavy atom. The van der Waals surface area contributed by atoms with Crippen molar-refractivity contribution in [3.05, 3.63) is 120 Å². The molecule has 0 aliphatic carbocycles. The van der Waals surface area contributed by atoms with Crippen molar-refractivity contribution in [2.45, 2.75) is 13.8 Å². The summed E-state index contributed by atoms with van der Waals surface area (Å²) in [6.45, 7) is 10.9. The van der Waals surface area contributed by atoms with Crippen molar-refractivity contribution in [3.63, 3.8) is 0 Å². The molecule has 164 valence electrons. The number of ether oxygens (including phenoxy) is 1. The molecule has 1 nitrogen and oxygen atoms in total. The minimum Gasteiger partial charge on any atom is -0.456 e. The van der Waals surface area contributed by atoms with E-state index < -0.39 is 0 Å². The molecule has 0 bridgehead atoms. The van der Waals surface area contributed by atoms with Crippen LogP contribution in [-0.4, -0.2) is 0 Å². The van der Waals surface area contributed by atoms with Gasteiger partial charge < -0.3 is 4.74 Å². The molecule has 3 heteroatoms. The van der Waals surface area contributed by atoms with Gasteiger partial charge >= 0.3 is 0 Å². The summed E-state index contributed by atoms with van der Waals surface area (Å²) < 4.78 is 36.8. The molecular formula is C30H24F2O. The van der Waals surface area contributed by atoms with Gasteiger partial charge in [0.15, 0.2) is 0 Å². The van der Waals surface area contributed by atoms with E-state index in [1.165, 1.54) is 0 Å². The lowest BCUT2D eigenvalue weighted by molar-refractivity contribution is 0.475. The van der Waals surface area contributed by atoms with Crippen molar-refractivity contribution in [1.82, 2.24) is 0 Å². The summed E-state index contributed by atoms with van der Waals surface area (Å²) in [5.41, 5.74) is 4.86. The van der Waals surface area contributed by atoms with E-state index in [-0.39, 0.29) is 11.6 Å². The van der Waals surface area contributed by atoms with E-state index in [4.69, 9.17) is 4.74 Å². The van der Waals surface area contributed by atoms with Gasteiger partial charge in [-0.2, -0.15) is 0 Å². The topological polar surface area (TPSA) is 9.23 Å². The molecule has 0 aliphatic heterocycles. The fourth-order valence-corrected chi connectivity index (χ4v) is 3.72. The minimum atomic E-state index is -0.372. The first kappa shape index (κ1) is 22.2. The Balaban J connectivity index is 1.86. The van der Waals surface area contributed by atoms with Gasteiger partial charge in [0.25, 0.3) is 0 Å². The van der Waals surface area contributed by atoms with E-state index in [0.717, 1.165) is 11.1 Å². The molecule has 0 aliphatic rings. The van der Waals surface area contributed by atoms with Crippen LogP contribution in [-0.2, 0) is 0 Å². The molecule has 0 aromatic heterocycles. The normalized spacial score (nSPS) is 10.7. The van der Waals surface area contributed by atoms with Gasteiger partial charge in [-0.1, -0.05) is 86.0 Å². The maximum Gasteiger partial charge on any atom is 0.138 e. The van der Waals surface area contributed by atoms with Crippen LogP contribution in [0.4, 0.5) is 8.78 Å². The number of benzene rings is 4. The molecule has 0 heterocycles.